The molecule has 166 valence electrons. The molecule has 0 radical (unpaired) electrons. The SMILES string of the molecule is CCOc1ncccc1-c1cc(NCc2ccc(OC)cc2)c2c(n1)c(C)nn2C(C)C. The van der Waals surface area contributed by atoms with E-state index < -0.39 is 0 Å². The Morgan fingerprint density at radius 3 is 2.59 bits per heavy atom. The van der Waals surface area contributed by atoms with Gasteiger partial charge in [-0.1, -0.05) is 12.1 Å². The van der Waals surface area contributed by atoms with Crippen LogP contribution in [0.25, 0.3) is 22.3 Å². The van der Waals surface area contributed by atoms with Crippen molar-refractivity contribution in [3.05, 3.63) is 59.9 Å². The summed E-state index contributed by atoms with van der Waals surface area (Å²) in [5.74, 6) is 1.42. The zero-order valence-electron chi connectivity index (χ0n) is 19.2. The number of nitrogens with one attached hydrogen (secondary N) is 1. The number of methoxy groups -OCH3 is 1. The number of fused-ring (bicyclic) bond motifs is 1. The first-order chi connectivity index (χ1) is 15.5. The van der Waals surface area contributed by atoms with Crippen LogP contribution >= 0.6 is 0 Å². The number of hydrogen-bond donors (Lipinski definition) is 1. The van der Waals surface area contributed by atoms with Gasteiger partial charge in [0.15, 0.2) is 0 Å². The Morgan fingerprint density at radius 1 is 1.12 bits per heavy atom. The first-order valence-electron chi connectivity index (χ1n) is 10.9. The van der Waals surface area contributed by atoms with E-state index in [1.54, 1.807) is 13.3 Å². The topological polar surface area (TPSA) is 74.1 Å². The van der Waals surface area contributed by atoms with Crippen molar-refractivity contribution in [3.63, 3.8) is 0 Å². The van der Waals surface area contributed by atoms with Gasteiger partial charge in [0.1, 0.15) is 16.8 Å². The lowest BCUT2D eigenvalue weighted by Gasteiger charge is -2.15. The summed E-state index contributed by atoms with van der Waals surface area (Å²) in [5, 5.41) is 8.38. The molecule has 0 spiro atoms. The summed E-state index contributed by atoms with van der Waals surface area (Å²) in [4.78, 5) is 9.37. The van der Waals surface area contributed by atoms with E-state index in [1.807, 2.05) is 42.8 Å². The van der Waals surface area contributed by atoms with Crippen molar-refractivity contribution in [1.29, 1.82) is 0 Å². The third-order valence-corrected chi connectivity index (χ3v) is 5.28. The zero-order valence-corrected chi connectivity index (χ0v) is 19.2. The Bertz CT molecular complexity index is 1220. The minimum atomic E-state index is 0.206. The molecule has 0 aliphatic carbocycles. The Kier molecular flexibility index (Phi) is 6.25. The van der Waals surface area contributed by atoms with E-state index in [9.17, 15) is 0 Å². The molecule has 0 saturated carbocycles. The first kappa shape index (κ1) is 21.6. The molecule has 32 heavy (non-hydrogen) atoms. The number of hydrogen-bond acceptors (Lipinski definition) is 6. The van der Waals surface area contributed by atoms with Crippen LogP contribution in [0.15, 0.2) is 48.7 Å². The van der Waals surface area contributed by atoms with Gasteiger partial charge in [0, 0.05) is 18.8 Å². The number of nitrogens with zero attached hydrogens (tertiary/aromatic N) is 4. The van der Waals surface area contributed by atoms with Crippen LogP contribution in [0.5, 0.6) is 11.6 Å². The number of aryl methyl sites for hydroxylation is 1. The van der Waals surface area contributed by atoms with Gasteiger partial charge in [-0.05, 0) is 63.6 Å². The fraction of sp³-hybridized carbons (Fsp3) is 0.320. The molecule has 0 aliphatic heterocycles. The summed E-state index contributed by atoms with van der Waals surface area (Å²) >= 11 is 0. The van der Waals surface area contributed by atoms with Gasteiger partial charge in [0.2, 0.25) is 5.88 Å². The molecule has 0 saturated heterocycles. The quantitative estimate of drug-likeness (QED) is 0.402. The van der Waals surface area contributed by atoms with E-state index in [0.29, 0.717) is 19.0 Å². The maximum absolute atomic E-state index is 5.76. The third kappa shape index (κ3) is 4.23. The summed E-state index contributed by atoms with van der Waals surface area (Å²) in [6.45, 7) is 9.41. The largest absolute Gasteiger partial charge is 0.497 e. The second-order valence-corrected chi connectivity index (χ2v) is 7.87. The van der Waals surface area contributed by atoms with E-state index >= 15 is 0 Å². The number of pyridine rings is 2. The van der Waals surface area contributed by atoms with Crippen LogP contribution in [0.1, 0.15) is 38.1 Å². The van der Waals surface area contributed by atoms with Crippen LogP contribution in [0.3, 0.4) is 0 Å². The number of benzene rings is 1. The molecule has 4 rings (SSSR count). The van der Waals surface area contributed by atoms with E-state index in [4.69, 9.17) is 19.6 Å². The normalized spacial score (nSPS) is 11.2. The highest BCUT2D eigenvalue weighted by atomic mass is 16.5. The van der Waals surface area contributed by atoms with Crippen LogP contribution in [-0.4, -0.2) is 33.5 Å². The lowest BCUT2D eigenvalue weighted by atomic mass is 10.1. The minimum absolute atomic E-state index is 0.206. The standard InChI is InChI=1S/C25H29N5O2/c1-6-32-25-20(8-7-13-26-25)21-14-22(27-15-18-9-11-19(31-5)12-10-18)24-23(28-21)17(4)29-30(24)16(2)3/h7-14,16H,6,15H2,1-5H3,(H,27,28). The lowest BCUT2D eigenvalue weighted by Crippen LogP contribution is -2.07. The van der Waals surface area contributed by atoms with Gasteiger partial charge in [-0.25, -0.2) is 9.97 Å². The van der Waals surface area contributed by atoms with Crippen LogP contribution < -0.4 is 14.8 Å². The predicted octanol–water partition coefficient (Wildman–Crippen LogP) is 5.40. The molecule has 0 aliphatic rings. The van der Waals surface area contributed by atoms with Crippen molar-refractivity contribution in [3.8, 4) is 22.9 Å². The summed E-state index contributed by atoms with van der Waals surface area (Å²) in [5.41, 5.74) is 6.56. The molecule has 0 unspecified atom stereocenters. The zero-order chi connectivity index (χ0) is 22.7. The maximum atomic E-state index is 5.76. The van der Waals surface area contributed by atoms with E-state index in [2.05, 4.69) is 42.3 Å². The second kappa shape index (κ2) is 9.26. The Morgan fingerprint density at radius 2 is 1.91 bits per heavy atom. The summed E-state index contributed by atoms with van der Waals surface area (Å²) in [6, 6.07) is 14.2. The maximum Gasteiger partial charge on any atom is 0.222 e. The average molecular weight is 432 g/mol. The molecule has 0 bridgehead atoms. The van der Waals surface area contributed by atoms with Gasteiger partial charge in [0.05, 0.1) is 36.4 Å². The van der Waals surface area contributed by atoms with E-state index in [0.717, 1.165) is 45.0 Å². The van der Waals surface area contributed by atoms with E-state index in [-0.39, 0.29) is 6.04 Å². The first-order valence-corrected chi connectivity index (χ1v) is 10.9. The fourth-order valence-electron chi connectivity index (χ4n) is 3.71. The number of aromatic nitrogens is 4. The van der Waals surface area contributed by atoms with Crippen LogP contribution in [0, 0.1) is 6.92 Å². The van der Waals surface area contributed by atoms with Crippen molar-refractivity contribution >= 4 is 16.7 Å². The summed E-state index contributed by atoms with van der Waals surface area (Å²) in [7, 11) is 1.67. The number of anilines is 1. The van der Waals surface area contributed by atoms with Gasteiger partial charge < -0.3 is 14.8 Å². The molecular weight excluding hydrogens is 402 g/mol. The Hall–Kier alpha value is -3.61. The molecule has 0 atom stereocenters. The highest BCUT2D eigenvalue weighted by Crippen LogP contribution is 2.34. The van der Waals surface area contributed by atoms with Crippen molar-refractivity contribution < 1.29 is 9.47 Å². The van der Waals surface area contributed by atoms with Crippen molar-refractivity contribution in [2.45, 2.75) is 40.3 Å². The molecular formula is C25H29N5O2. The number of rotatable bonds is 8. The van der Waals surface area contributed by atoms with Gasteiger partial charge in [-0.2, -0.15) is 5.10 Å². The molecule has 1 aromatic carbocycles. The minimum Gasteiger partial charge on any atom is -0.497 e. The molecule has 7 heteroatoms. The van der Waals surface area contributed by atoms with Crippen LogP contribution in [0.2, 0.25) is 0 Å². The molecule has 3 heterocycles. The van der Waals surface area contributed by atoms with Crippen LogP contribution in [0.4, 0.5) is 5.69 Å². The highest BCUT2D eigenvalue weighted by Gasteiger charge is 2.19. The molecule has 3 aromatic heterocycles. The monoisotopic (exact) mass is 431 g/mol. The average Bonchev–Trinajstić information content (AvgIpc) is 3.15. The highest BCUT2D eigenvalue weighted by molar-refractivity contribution is 5.93. The van der Waals surface area contributed by atoms with Crippen LogP contribution in [-0.2, 0) is 6.54 Å². The third-order valence-electron chi connectivity index (χ3n) is 5.28. The van der Waals surface area contributed by atoms with Gasteiger partial charge in [-0.3, -0.25) is 4.68 Å². The number of ether oxygens (including phenoxy) is 2. The smallest absolute Gasteiger partial charge is 0.222 e. The summed E-state index contributed by atoms with van der Waals surface area (Å²) in [6.07, 6.45) is 1.73. The fourth-order valence-corrected chi connectivity index (χ4v) is 3.71. The Labute approximate surface area is 188 Å². The molecule has 0 fully saturated rings. The molecule has 0 amide bonds. The lowest BCUT2D eigenvalue weighted by molar-refractivity contribution is 0.328. The second-order valence-electron chi connectivity index (χ2n) is 7.87. The van der Waals surface area contributed by atoms with Gasteiger partial charge in [-0.15, -0.1) is 0 Å². The van der Waals surface area contributed by atoms with Gasteiger partial charge in [0.25, 0.3) is 0 Å². The van der Waals surface area contributed by atoms with Crippen molar-refractivity contribution in [1.82, 2.24) is 19.7 Å². The summed E-state index contributed by atoms with van der Waals surface area (Å²) < 4.78 is 13.1. The van der Waals surface area contributed by atoms with Crippen molar-refractivity contribution in [2.75, 3.05) is 19.0 Å². The van der Waals surface area contributed by atoms with E-state index in [1.165, 1.54) is 0 Å². The van der Waals surface area contributed by atoms with Gasteiger partial charge >= 0.3 is 0 Å². The molecule has 4 aromatic rings. The Balaban J connectivity index is 1.81. The van der Waals surface area contributed by atoms with Crippen molar-refractivity contribution in [2.24, 2.45) is 0 Å². The molecule has 1 N–H and O–H groups in total. The predicted molar refractivity (Wildman–Crippen MR) is 127 cm³/mol. The molecule has 7 nitrogen and oxygen atoms in total.